The second kappa shape index (κ2) is 8.12. The fraction of sp³-hybridized carbons (Fsp3) is 0.250. The number of carbonyl (C=O) groups is 2. The molecule has 1 saturated heterocycles. The normalized spacial score (nSPS) is 16.2. The van der Waals surface area contributed by atoms with E-state index in [1.807, 2.05) is 28.9 Å². The molecule has 3 heterocycles. The van der Waals surface area contributed by atoms with E-state index in [-0.39, 0.29) is 11.8 Å². The number of rotatable bonds is 5. The molecule has 2 amide bonds. The van der Waals surface area contributed by atoms with Gasteiger partial charge in [-0.25, -0.2) is 4.98 Å². The van der Waals surface area contributed by atoms with Crippen LogP contribution in [0.3, 0.4) is 0 Å². The molecule has 0 aliphatic carbocycles. The Labute approximate surface area is 170 Å². The fourth-order valence-electron chi connectivity index (χ4n) is 3.12. The zero-order valence-corrected chi connectivity index (χ0v) is 16.6. The van der Waals surface area contributed by atoms with Crippen molar-refractivity contribution >= 4 is 39.1 Å². The van der Waals surface area contributed by atoms with Crippen LogP contribution in [0.15, 0.2) is 53.3 Å². The average molecular weight is 443 g/mol. The molecule has 4 rings (SSSR count). The minimum atomic E-state index is -0.410. The standard InChI is InChI=1S/C20H19BrN4O3/c21-14-6-7-18-23-16(12-25(18)11-14)10-22-19(26)13-3-1-4-15(9-13)24-20(27)17-5-2-8-28-17/h1,3-4,6-7,9,11-12,17H,2,5,8,10H2,(H,22,26)(H,24,27). The predicted molar refractivity (Wildman–Crippen MR) is 108 cm³/mol. The molecule has 0 bridgehead atoms. The third-order valence-electron chi connectivity index (χ3n) is 4.51. The summed E-state index contributed by atoms with van der Waals surface area (Å²) in [5, 5.41) is 5.67. The molecule has 1 aliphatic heterocycles. The van der Waals surface area contributed by atoms with E-state index in [1.165, 1.54) is 0 Å². The summed E-state index contributed by atoms with van der Waals surface area (Å²) in [5.41, 5.74) is 2.61. The van der Waals surface area contributed by atoms with Crippen molar-refractivity contribution in [3.63, 3.8) is 0 Å². The van der Waals surface area contributed by atoms with Crippen molar-refractivity contribution in [2.24, 2.45) is 0 Å². The van der Waals surface area contributed by atoms with Crippen LogP contribution in [-0.4, -0.2) is 33.9 Å². The summed E-state index contributed by atoms with van der Waals surface area (Å²) in [6, 6.07) is 10.7. The Hall–Kier alpha value is -2.71. The molecule has 0 spiro atoms. The number of halogens is 1. The van der Waals surface area contributed by atoms with Gasteiger partial charge >= 0.3 is 0 Å². The minimum Gasteiger partial charge on any atom is -0.368 e. The van der Waals surface area contributed by atoms with Gasteiger partial charge in [0.1, 0.15) is 11.8 Å². The number of carbonyl (C=O) groups excluding carboxylic acids is 2. The van der Waals surface area contributed by atoms with Crippen molar-refractivity contribution in [3.05, 3.63) is 64.5 Å². The van der Waals surface area contributed by atoms with Gasteiger partial charge in [0.15, 0.2) is 0 Å². The maximum Gasteiger partial charge on any atom is 0.253 e. The Morgan fingerprint density at radius 1 is 1.25 bits per heavy atom. The van der Waals surface area contributed by atoms with Gasteiger partial charge in [-0.3, -0.25) is 9.59 Å². The van der Waals surface area contributed by atoms with Crippen LogP contribution >= 0.6 is 15.9 Å². The molecule has 0 radical (unpaired) electrons. The van der Waals surface area contributed by atoms with E-state index < -0.39 is 6.10 Å². The van der Waals surface area contributed by atoms with Gasteiger partial charge in [-0.2, -0.15) is 0 Å². The maximum absolute atomic E-state index is 12.5. The van der Waals surface area contributed by atoms with E-state index in [9.17, 15) is 9.59 Å². The number of aromatic nitrogens is 2. The molecule has 1 unspecified atom stereocenters. The number of imidazole rings is 1. The number of anilines is 1. The van der Waals surface area contributed by atoms with Crippen molar-refractivity contribution in [1.82, 2.24) is 14.7 Å². The quantitative estimate of drug-likeness (QED) is 0.635. The Balaban J connectivity index is 1.39. The van der Waals surface area contributed by atoms with Gasteiger partial charge in [-0.1, -0.05) is 6.07 Å². The average Bonchev–Trinajstić information content (AvgIpc) is 3.35. The highest BCUT2D eigenvalue weighted by Crippen LogP contribution is 2.17. The number of nitrogens with one attached hydrogen (secondary N) is 2. The molecule has 2 aromatic heterocycles. The molecule has 3 aromatic rings. The van der Waals surface area contributed by atoms with E-state index >= 15 is 0 Å². The summed E-state index contributed by atoms with van der Waals surface area (Å²) in [7, 11) is 0. The Bertz CT molecular complexity index is 1030. The van der Waals surface area contributed by atoms with E-state index in [4.69, 9.17) is 4.74 Å². The lowest BCUT2D eigenvalue weighted by Crippen LogP contribution is -2.27. The first-order valence-corrected chi connectivity index (χ1v) is 9.82. The van der Waals surface area contributed by atoms with Crippen LogP contribution in [0.5, 0.6) is 0 Å². The number of hydrogen-bond acceptors (Lipinski definition) is 4. The van der Waals surface area contributed by atoms with E-state index in [0.29, 0.717) is 24.4 Å². The van der Waals surface area contributed by atoms with Gasteiger partial charge in [-0.05, 0) is 59.1 Å². The minimum absolute atomic E-state index is 0.175. The van der Waals surface area contributed by atoms with Crippen LogP contribution in [0.4, 0.5) is 5.69 Å². The van der Waals surface area contributed by atoms with Crippen LogP contribution in [0, 0.1) is 0 Å². The van der Waals surface area contributed by atoms with Crippen LogP contribution in [0.1, 0.15) is 28.9 Å². The second-order valence-corrected chi connectivity index (χ2v) is 7.52. The molecule has 0 saturated carbocycles. The van der Waals surface area contributed by atoms with Crippen molar-refractivity contribution in [3.8, 4) is 0 Å². The van der Waals surface area contributed by atoms with Gasteiger partial charge in [0, 0.05) is 34.7 Å². The number of ether oxygens (including phenoxy) is 1. The smallest absolute Gasteiger partial charge is 0.253 e. The molecule has 8 heteroatoms. The monoisotopic (exact) mass is 442 g/mol. The van der Waals surface area contributed by atoms with Crippen LogP contribution in [0.25, 0.3) is 5.65 Å². The lowest BCUT2D eigenvalue weighted by Gasteiger charge is -2.11. The molecule has 7 nitrogen and oxygen atoms in total. The topological polar surface area (TPSA) is 84.7 Å². The largest absolute Gasteiger partial charge is 0.368 e. The summed E-state index contributed by atoms with van der Waals surface area (Å²) >= 11 is 3.42. The van der Waals surface area contributed by atoms with E-state index in [0.717, 1.165) is 28.7 Å². The van der Waals surface area contributed by atoms with E-state index in [1.54, 1.807) is 24.3 Å². The second-order valence-electron chi connectivity index (χ2n) is 6.60. The summed E-state index contributed by atoms with van der Waals surface area (Å²) in [4.78, 5) is 29.1. The summed E-state index contributed by atoms with van der Waals surface area (Å²) in [5.74, 6) is -0.405. The highest BCUT2D eigenvalue weighted by molar-refractivity contribution is 9.10. The lowest BCUT2D eigenvalue weighted by atomic mass is 10.1. The van der Waals surface area contributed by atoms with Crippen molar-refractivity contribution in [2.75, 3.05) is 11.9 Å². The SMILES string of the molecule is O=C(NCc1cn2cc(Br)ccc2n1)c1cccc(NC(=O)C2CCCO2)c1. The highest BCUT2D eigenvalue weighted by atomic mass is 79.9. The van der Waals surface area contributed by atoms with Gasteiger partial charge in [0.2, 0.25) is 0 Å². The number of pyridine rings is 1. The Morgan fingerprint density at radius 2 is 2.14 bits per heavy atom. The van der Waals surface area contributed by atoms with E-state index in [2.05, 4.69) is 31.5 Å². The Kier molecular flexibility index (Phi) is 5.40. The van der Waals surface area contributed by atoms with Gasteiger partial charge < -0.3 is 19.8 Å². The third-order valence-corrected chi connectivity index (χ3v) is 4.98. The Morgan fingerprint density at radius 3 is 2.96 bits per heavy atom. The molecule has 1 aromatic carbocycles. The molecular formula is C20H19BrN4O3. The zero-order valence-electron chi connectivity index (χ0n) is 15.0. The zero-order chi connectivity index (χ0) is 19.5. The van der Waals surface area contributed by atoms with Gasteiger partial charge in [0.05, 0.1) is 12.2 Å². The first-order valence-electron chi connectivity index (χ1n) is 9.02. The number of amides is 2. The molecule has 1 fully saturated rings. The number of fused-ring (bicyclic) bond motifs is 1. The van der Waals surface area contributed by atoms with Gasteiger partial charge in [0.25, 0.3) is 11.8 Å². The molecule has 2 N–H and O–H groups in total. The van der Waals surface area contributed by atoms with Crippen LogP contribution in [-0.2, 0) is 16.1 Å². The highest BCUT2D eigenvalue weighted by Gasteiger charge is 2.23. The molecule has 1 atom stereocenters. The van der Waals surface area contributed by atoms with Crippen LogP contribution in [0.2, 0.25) is 0 Å². The summed E-state index contributed by atoms with van der Waals surface area (Å²) in [6.45, 7) is 0.922. The number of nitrogens with zero attached hydrogens (tertiary/aromatic N) is 2. The fourth-order valence-corrected chi connectivity index (χ4v) is 3.47. The number of hydrogen-bond donors (Lipinski definition) is 2. The lowest BCUT2D eigenvalue weighted by molar-refractivity contribution is -0.124. The third kappa shape index (κ3) is 4.23. The summed E-state index contributed by atoms with van der Waals surface area (Å²) in [6.07, 6.45) is 4.99. The maximum atomic E-state index is 12.5. The molecule has 1 aliphatic rings. The van der Waals surface area contributed by atoms with Crippen molar-refractivity contribution < 1.29 is 14.3 Å². The first kappa shape index (κ1) is 18.6. The number of benzene rings is 1. The molecule has 144 valence electrons. The van der Waals surface area contributed by atoms with Crippen molar-refractivity contribution in [2.45, 2.75) is 25.5 Å². The van der Waals surface area contributed by atoms with Crippen LogP contribution < -0.4 is 10.6 Å². The predicted octanol–water partition coefficient (Wildman–Crippen LogP) is 3.14. The first-order chi connectivity index (χ1) is 13.6. The van der Waals surface area contributed by atoms with Gasteiger partial charge in [-0.15, -0.1) is 0 Å². The molecular weight excluding hydrogens is 424 g/mol. The summed E-state index contributed by atoms with van der Waals surface area (Å²) < 4.78 is 8.23. The molecule has 28 heavy (non-hydrogen) atoms. The van der Waals surface area contributed by atoms with Crippen molar-refractivity contribution in [1.29, 1.82) is 0 Å².